The van der Waals surface area contributed by atoms with Crippen LogP contribution >= 0.6 is 0 Å². The maximum Gasteiger partial charge on any atom is 0.271 e. The summed E-state index contributed by atoms with van der Waals surface area (Å²) in [7, 11) is 1.62. The van der Waals surface area contributed by atoms with Crippen LogP contribution in [0.25, 0.3) is 22.4 Å². The van der Waals surface area contributed by atoms with Crippen LogP contribution in [0.1, 0.15) is 15.9 Å². The molecule has 0 fully saturated rings. The van der Waals surface area contributed by atoms with Crippen LogP contribution in [0, 0.1) is 0 Å². The number of carbonyl (C=O) groups is 1. The standard InChI is InChI=1S/C22H18N4O3/c1-29-17-9-6-14(7-10-17)21-24-18-11-8-15(12-19(18)25-21)22(28)26-23-13-16-4-2-3-5-20(16)27/h2-13,27H,1H3,(H,24,25)(H,26,28). The lowest BCUT2D eigenvalue weighted by Gasteiger charge is -2.01. The number of nitrogens with zero attached hydrogens (tertiary/aromatic N) is 2. The Bertz CT molecular complexity index is 1200. The molecule has 0 saturated heterocycles. The first-order valence-corrected chi connectivity index (χ1v) is 8.89. The van der Waals surface area contributed by atoms with Crippen molar-refractivity contribution in [3.63, 3.8) is 0 Å². The van der Waals surface area contributed by atoms with Gasteiger partial charge in [-0.15, -0.1) is 0 Å². The lowest BCUT2D eigenvalue weighted by molar-refractivity contribution is 0.0955. The highest BCUT2D eigenvalue weighted by atomic mass is 16.5. The first-order valence-electron chi connectivity index (χ1n) is 8.89. The van der Waals surface area contributed by atoms with Crippen molar-refractivity contribution in [1.82, 2.24) is 15.4 Å². The molecule has 0 bridgehead atoms. The van der Waals surface area contributed by atoms with E-state index in [1.807, 2.05) is 24.3 Å². The summed E-state index contributed by atoms with van der Waals surface area (Å²) in [5.74, 6) is 1.21. The number of phenols is 1. The van der Waals surface area contributed by atoms with Crippen molar-refractivity contribution in [2.45, 2.75) is 0 Å². The van der Waals surface area contributed by atoms with Gasteiger partial charge in [-0.3, -0.25) is 4.79 Å². The van der Waals surface area contributed by atoms with E-state index in [0.29, 0.717) is 17.0 Å². The highest BCUT2D eigenvalue weighted by Crippen LogP contribution is 2.23. The zero-order valence-electron chi connectivity index (χ0n) is 15.6. The molecule has 0 atom stereocenters. The molecule has 1 amide bonds. The number of H-pyrrole nitrogens is 1. The Balaban J connectivity index is 1.52. The monoisotopic (exact) mass is 386 g/mol. The van der Waals surface area contributed by atoms with Crippen molar-refractivity contribution < 1.29 is 14.6 Å². The van der Waals surface area contributed by atoms with Crippen LogP contribution in [0.4, 0.5) is 0 Å². The molecule has 0 unspecified atom stereocenters. The molecular formula is C22H18N4O3. The number of rotatable bonds is 5. The average molecular weight is 386 g/mol. The molecule has 7 nitrogen and oxygen atoms in total. The van der Waals surface area contributed by atoms with Crippen molar-refractivity contribution in [1.29, 1.82) is 0 Å². The Kier molecular flexibility index (Phi) is 4.94. The number of amides is 1. The van der Waals surface area contributed by atoms with Gasteiger partial charge in [0.15, 0.2) is 0 Å². The summed E-state index contributed by atoms with van der Waals surface area (Å²) in [6.45, 7) is 0. The summed E-state index contributed by atoms with van der Waals surface area (Å²) in [6.07, 6.45) is 1.39. The predicted molar refractivity (Wildman–Crippen MR) is 111 cm³/mol. The van der Waals surface area contributed by atoms with Gasteiger partial charge in [0.2, 0.25) is 0 Å². The van der Waals surface area contributed by atoms with Gasteiger partial charge in [0, 0.05) is 16.7 Å². The molecule has 144 valence electrons. The summed E-state index contributed by atoms with van der Waals surface area (Å²) in [4.78, 5) is 20.2. The van der Waals surface area contributed by atoms with Crippen LogP contribution in [0.15, 0.2) is 71.8 Å². The van der Waals surface area contributed by atoms with Gasteiger partial charge in [0.25, 0.3) is 5.91 Å². The number of phenolic OH excluding ortho intramolecular Hbond substituents is 1. The largest absolute Gasteiger partial charge is 0.507 e. The zero-order chi connectivity index (χ0) is 20.2. The number of nitrogens with one attached hydrogen (secondary N) is 2. The van der Waals surface area contributed by atoms with Gasteiger partial charge in [-0.05, 0) is 54.6 Å². The normalized spacial score (nSPS) is 11.1. The fraction of sp³-hybridized carbons (Fsp3) is 0.0455. The minimum Gasteiger partial charge on any atom is -0.507 e. The number of hydrogen-bond donors (Lipinski definition) is 3. The highest BCUT2D eigenvalue weighted by Gasteiger charge is 2.10. The smallest absolute Gasteiger partial charge is 0.271 e. The molecule has 0 radical (unpaired) electrons. The number of aromatic nitrogens is 2. The highest BCUT2D eigenvalue weighted by molar-refractivity contribution is 5.98. The molecule has 1 heterocycles. The third kappa shape index (κ3) is 3.93. The number of imidazole rings is 1. The van der Waals surface area contributed by atoms with E-state index in [0.717, 1.165) is 22.3 Å². The van der Waals surface area contributed by atoms with E-state index in [-0.39, 0.29) is 11.7 Å². The maximum absolute atomic E-state index is 12.4. The molecule has 4 aromatic rings. The van der Waals surface area contributed by atoms with E-state index >= 15 is 0 Å². The van der Waals surface area contributed by atoms with Crippen molar-refractivity contribution in [3.05, 3.63) is 77.9 Å². The Hall–Kier alpha value is -4.13. The number of ether oxygens (including phenoxy) is 1. The van der Waals surface area contributed by atoms with Gasteiger partial charge < -0.3 is 14.8 Å². The third-order valence-electron chi connectivity index (χ3n) is 4.41. The van der Waals surface area contributed by atoms with E-state index in [1.165, 1.54) is 6.21 Å². The number of aromatic hydroxyl groups is 1. The molecule has 0 aliphatic heterocycles. The van der Waals surface area contributed by atoms with Gasteiger partial charge in [0.05, 0.1) is 24.4 Å². The molecule has 1 aromatic heterocycles. The second kappa shape index (κ2) is 7.85. The van der Waals surface area contributed by atoms with E-state index in [1.54, 1.807) is 49.6 Å². The molecule has 7 heteroatoms. The average Bonchev–Trinajstić information content (AvgIpc) is 3.18. The number of aromatic amines is 1. The van der Waals surface area contributed by atoms with Crippen LogP contribution in [-0.4, -0.2) is 34.3 Å². The fourth-order valence-corrected chi connectivity index (χ4v) is 2.86. The second-order valence-electron chi connectivity index (χ2n) is 6.30. The van der Waals surface area contributed by atoms with Crippen LogP contribution in [0.3, 0.4) is 0 Å². The first-order chi connectivity index (χ1) is 14.1. The molecule has 0 spiro atoms. The Labute approximate surface area is 166 Å². The lowest BCUT2D eigenvalue weighted by Crippen LogP contribution is -2.17. The minimum absolute atomic E-state index is 0.0930. The molecule has 4 rings (SSSR count). The SMILES string of the molecule is COc1ccc(-c2nc3ccc(C(=O)NN=Cc4ccccc4O)cc3[nH]2)cc1. The van der Waals surface area contributed by atoms with Gasteiger partial charge >= 0.3 is 0 Å². The Morgan fingerprint density at radius 3 is 2.69 bits per heavy atom. The Morgan fingerprint density at radius 2 is 1.93 bits per heavy atom. The number of hydrazone groups is 1. The van der Waals surface area contributed by atoms with Crippen LogP contribution < -0.4 is 10.2 Å². The van der Waals surface area contributed by atoms with Gasteiger partial charge in [-0.2, -0.15) is 5.10 Å². The molecule has 3 aromatic carbocycles. The molecular weight excluding hydrogens is 368 g/mol. The summed E-state index contributed by atoms with van der Waals surface area (Å²) in [5, 5.41) is 13.6. The minimum atomic E-state index is -0.362. The molecule has 0 saturated carbocycles. The Morgan fingerprint density at radius 1 is 1.14 bits per heavy atom. The van der Waals surface area contributed by atoms with Crippen molar-refractivity contribution in [3.8, 4) is 22.9 Å². The lowest BCUT2D eigenvalue weighted by atomic mass is 10.2. The summed E-state index contributed by atoms with van der Waals surface area (Å²) < 4.78 is 5.17. The van der Waals surface area contributed by atoms with Gasteiger partial charge in [0.1, 0.15) is 17.3 Å². The first kappa shape index (κ1) is 18.2. The van der Waals surface area contributed by atoms with Crippen LogP contribution in [0.5, 0.6) is 11.5 Å². The number of fused-ring (bicyclic) bond motifs is 1. The number of methoxy groups -OCH3 is 1. The van der Waals surface area contributed by atoms with Gasteiger partial charge in [-0.25, -0.2) is 10.4 Å². The number of para-hydroxylation sites is 1. The predicted octanol–water partition coefficient (Wildman–Crippen LogP) is 3.71. The molecule has 0 aliphatic rings. The van der Waals surface area contributed by atoms with E-state index in [4.69, 9.17) is 4.74 Å². The number of carbonyl (C=O) groups excluding carboxylic acids is 1. The van der Waals surface area contributed by atoms with Crippen LogP contribution in [0.2, 0.25) is 0 Å². The topological polar surface area (TPSA) is 99.6 Å². The molecule has 0 aliphatic carbocycles. The van der Waals surface area contributed by atoms with Crippen molar-refractivity contribution in [2.24, 2.45) is 5.10 Å². The number of hydrogen-bond acceptors (Lipinski definition) is 5. The molecule has 3 N–H and O–H groups in total. The summed E-state index contributed by atoms with van der Waals surface area (Å²) >= 11 is 0. The van der Waals surface area contributed by atoms with E-state index in [9.17, 15) is 9.90 Å². The summed E-state index contributed by atoms with van der Waals surface area (Å²) in [6, 6.07) is 19.5. The second-order valence-corrected chi connectivity index (χ2v) is 6.30. The van der Waals surface area contributed by atoms with Crippen molar-refractivity contribution in [2.75, 3.05) is 7.11 Å². The van der Waals surface area contributed by atoms with Gasteiger partial charge in [-0.1, -0.05) is 12.1 Å². The fourth-order valence-electron chi connectivity index (χ4n) is 2.86. The molecule has 29 heavy (non-hydrogen) atoms. The van der Waals surface area contributed by atoms with Crippen molar-refractivity contribution >= 4 is 23.2 Å². The quantitative estimate of drug-likeness (QED) is 0.360. The van der Waals surface area contributed by atoms with E-state index < -0.39 is 0 Å². The number of benzene rings is 3. The maximum atomic E-state index is 12.4. The third-order valence-corrected chi connectivity index (χ3v) is 4.41. The zero-order valence-corrected chi connectivity index (χ0v) is 15.6. The summed E-state index contributed by atoms with van der Waals surface area (Å²) in [5.41, 5.74) is 5.83. The van der Waals surface area contributed by atoms with Crippen LogP contribution in [-0.2, 0) is 0 Å². The van der Waals surface area contributed by atoms with E-state index in [2.05, 4.69) is 20.5 Å².